The summed E-state index contributed by atoms with van der Waals surface area (Å²) in [6.07, 6.45) is 0. The lowest BCUT2D eigenvalue weighted by atomic mass is 9.97. The van der Waals surface area contributed by atoms with Gasteiger partial charge >= 0.3 is 0 Å². The van der Waals surface area contributed by atoms with Gasteiger partial charge in [-0.25, -0.2) is 15.0 Å². The first kappa shape index (κ1) is 27.3. The van der Waals surface area contributed by atoms with Crippen molar-refractivity contribution in [1.29, 1.82) is 0 Å². The van der Waals surface area contributed by atoms with E-state index in [1.54, 1.807) is 0 Å². The molecule has 0 unspecified atom stereocenters. The maximum atomic E-state index is 5.24. The minimum atomic E-state index is 0.706. The summed E-state index contributed by atoms with van der Waals surface area (Å²) in [5, 5.41) is 3.68. The molecule has 9 rings (SSSR count). The molecule has 0 saturated carbocycles. The Morgan fingerprint density at radius 1 is 0.383 bits per heavy atom. The molecule has 0 amide bonds. The molecule has 9 aromatic rings. The van der Waals surface area contributed by atoms with Crippen LogP contribution in [0.5, 0.6) is 0 Å². The number of nitrogens with zero attached hydrogens (tertiary/aromatic N) is 3. The van der Waals surface area contributed by atoms with Crippen LogP contribution in [-0.2, 0) is 0 Å². The number of aromatic nitrogens is 3. The molecule has 4 heteroatoms. The summed E-state index contributed by atoms with van der Waals surface area (Å²) in [6.45, 7) is 0. The summed E-state index contributed by atoms with van der Waals surface area (Å²) < 4.78 is 2.57. The van der Waals surface area contributed by atoms with Crippen molar-refractivity contribution in [3.8, 4) is 56.3 Å². The maximum absolute atomic E-state index is 5.24. The van der Waals surface area contributed by atoms with E-state index < -0.39 is 0 Å². The fraction of sp³-hybridized carbons (Fsp3) is 0. The number of hydrogen-bond donors (Lipinski definition) is 0. The molecule has 220 valence electrons. The molecule has 0 saturated heterocycles. The van der Waals surface area contributed by atoms with Gasteiger partial charge in [-0.05, 0) is 35.4 Å². The Hall–Kier alpha value is -5.97. The zero-order valence-electron chi connectivity index (χ0n) is 25.3. The second-order valence-corrected chi connectivity index (χ2v) is 12.7. The van der Waals surface area contributed by atoms with E-state index in [0.29, 0.717) is 5.82 Å². The Bertz CT molecular complexity index is 2500. The van der Waals surface area contributed by atoms with Gasteiger partial charge in [0.25, 0.3) is 0 Å². The van der Waals surface area contributed by atoms with Crippen LogP contribution in [0.25, 0.3) is 87.4 Å². The Morgan fingerprint density at radius 3 is 1.68 bits per heavy atom. The second-order valence-electron chi connectivity index (χ2n) is 11.6. The lowest BCUT2D eigenvalue weighted by molar-refractivity contribution is 1.18. The first-order chi connectivity index (χ1) is 23.3. The van der Waals surface area contributed by atoms with Crippen LogP contribution in [0.2, 0.25) is 0 Å². The lowest BCUT2D eigenvalue weighted by Gasteiger charge is -2.11. The topological polar surface area (TPSA) is 38.7 Å². The molecule has 3 heterocycles. The van der Waals surface area contributed by atoms with E-state index in [0.717, 1.165) is 56.0 Å². The number of thiophene rings is 1. The number of rotatable bonds is 5. The molecule has 0 aliphatic rings. The lowest BCUT2D eigenvalue weighted by Crippen LogP contribution is -1.96. The highest BCUT2D eigenvalue weighted by Gasteiger charge is 2.17. The summed E-state index contributed by atoms with van der Waals surface area (Å²) in [4.78, 5) is 15.3. The highest BCUT2D eigenvalue weighted by molar-refractivity contribution is 7.26. The monoisotopic (exact) mass is 617 g/mol. The summed E-state index contributed by atoms with van der Waals surface area (Å²) in [7, 11) is 0. The number of benzene rings is 6. The quantitative estimate of drug-likeness (QED) is 0.193. The van der Waals surface area contributed by atoms with Crippen molar-refractivity contribution in [3.63, 3.8) is 0 Å². The van der Waals surface area contributed by atoms with Crippen LogP contribution in [0.3, 0.4) is 0 Å². The van der Waals surface area contributed by atoms with Crippen LogP contribution < -0.4 is 0 Å². The van der Waals surface area contributed by atoms with Gasteiger partial charge in [0.1, 0.15) is 0 Å². The normalized spacial score (nSPS) is 11.4. The van der Waals surface area contributed by atoms with E-state index in [-0.39, 0.29) is 0 Å². The molecule has 0 atom stereocenters. The average Bonchev–Trinajstić information content (AvgIpc) is 3.55. The molecule has 3 aromatic heterocycles. The second kappa shape index (κ2) is 11.4. The van der Waals surface area contributed by atoms with Crippen molar-refractivity contribution in [2.75, 3.05) is 0 Å². The van der Waals surface area contributed by atoms with Crippen molar-refractivity contribution in [1.82, 2.24) is 15.0 Å². The predicted molar refractivity (Wildman–Crippen MR) is 197 cm³/mol. The van der Waals surface area contributed by atoms with E-state index in [1.807, 2.05) is 47.7 Å². The van der Waals surface area contributed by atoms with E-state index in [4.69, 9.17) is 15.0 Å². The van der Waals surface area contributed by atoms with E-state index in [2.05, 4.69) is 127 Å². The molecular weight excluding hydrogens is 591 g/mol. The molecule has 6 aromatic carbocycles. The summed E-state index contributed by atoms with van der Waals surface area (Å²) in [5.74, 6) is 0.706. The fourth-order valence-electron chi connectivity index (χ4n) is 6.37. The van der Waals surface area contributed by atoms with Gasteiger partial charge in [0.2, 0.25) is 0 Å². The predicted octanol–water partition coefficient (Wildman–Crippen LogP) is 11.7. The van der Waals surface area contributed by atoms with Gasteiger partial charge in [-0.2, -0.15) is 0 Å². The molecule has 0 N–H and O–H groups in total. The third kappa shape index (κ3) is 4.96. The standard InChI is InChI=1S/C43H27N3S/c1-3-12-29(13-4-1)37-27-38(30-14-5-2-6-15-30)46-43(45-37)31-24-22-28(23-25-31)32-16-11-17-33(26-32)41-40-35-19-8-10-21-39(35)47-42(40)34-18-7-9-20-36(34)44-41/h1-27H. The van der Waals surface area contributed by atoms with Crippen LogP contribution in [0, 0.1) is 0 Å². The molecule has 0 fully saturated rings. The Balaban J connectivity index is 1.13. The molecule has 47 heavy (non-hydrogen) atoms. The number of pyridine rings is 1. The van der Waals surface area contributed by atoms with E-state index in [9.17, 15) is 0 Å². The van der Waals surface area contributed by atoms with Crippen LogP contribution in [-0.4, -0.2) is 15.0 Å². The summed E-state index contributed by atoms with van der Waals surface area (Å²) in [5.41, 5.74) is 10.3. The summed E-state index contributed by atoms with van der Waals surface area (Å²) >= 11 is 1.85. The largest absolute Gasteiger partial charge is 0.247 e. The van der Waals surface area contributed by atoms with Gasteiger partial charge in [-0.3, -0.25) is 0 Å². The molecule has 3 nitrogen and oxygen atoms in total. The van der Waals surface area contributed by atoms with Crippen molar-refractivity contribution in [3.05, 3.63) is 164 Å². The van der Waals surface area contributed by atoms with E-state index >= 15 is 0 Å². The number of para-hydroxylation sites is 1. The highest BCUT2D eigenvalue weighted by Crippen LogP contribution is 2.43. The zero-order chi connectivity index (χ0) is 31.2. The minimum absolute atomic E-state index is 0.706. The SMILES string of the molecule is c1ccc(-c2cc(-c3ccccc3)nc(-c3ccc(-c4cccc(-c5nc6ccccc6c6sc7ccccc7c56)c4)cc3)n2)cc1. The smallest absolute Gasteiger partial charge is 0.160 e. The third-order valence-electron chi connectivity index (χ3n) is 8.69. The summed E-state index contributed by atoms with van der Waals surface area (Å²) in [6, 6.07) is 57.1. The number of hydrogen-bond acceptors (Lipinski definition) is 4. The van der Waals surface area contributed by atoms with Gasteiger partial charge in [0, 0.05) is 47.8 Å². The van der Waals surface area contributed by atoms with Crippen LogP contribution in [0.4, 0.5) is 0 Å². The van der Waals surface area contributed by atoms with Gasteiger partial charge in [-0.15, -0.1) is 11.3 Å². The van der Waals surface area contributed by atoms with Crippen LogP contribution in [0.1, 0.15) is 0 Å². The zero-order valence-corrected chi connectivity index (χ0v) is 26.2. The molecule has 0 aliphatic heterocycles. The van der Waals surface area contributed by atoms with Crippen molar-refractivity contribution in [2.24, 2.45) is 0 Å². The Kier molecular flexibility index (Phi) is 6.65. The molecule has 0 spiro atoms. The van der Waals surface area contributed by atoms with Crippen molar-refractivity contribution < 1.29 is 0 Å². The molecule has 0 radical (unpaired) electrons. The van der Waals surface area contributed by atoms with Crippen molar-refractivity contribution >= 4 is 42.4 Å². The Labute approximate surface area is 276 Å². The van der Waals surface area contributed by atoms with Gasteiger partial charge in [0.15, 0.2) is 5.82 Å². The van der Waals surface area contributed by atoms with Gasteiger partial charge < -0.3 is 0 Å². The average molecular weight is 618 g/mol. The molecular formula is C43H27N3S. The first-order valence-electron chi connectivity index (χ1n) is 15.7. The van der Waals surface area contributed by atoms with Crippen molar-refractivity contribution in [2.45, 2.75) is 0 Å². The molecule has 0 aliphatic carbocycles. The third-order valence-corrected chi connectivity index (χ3v) is 9.89. The van der Waals surface area contributed by atoms with Gasteiger partial charge in [-0.1, -0.05) is 140 Å². The van der Waals surface area contributed by atoms with Crippen LogP contribution in [0.15, 0.2) is 164 Å². The van der Waals surface area contributed by atoms with Crippen LogP contribution >= 0.6 is 11.3 Å². The maximum Gasteiger partial charge on any atom is 0.160 e. The minimum Gasteiger partial charge on any atom is -0.247 e. The highest BCUT2D eigenvalue weighted by atomic mass is 32.1. The number of fused-ring (bicyclic) bond motifs is 5. The van der Waals surface area contributed by atoms with Gasteiger partial charge in [0.05, 0.1) is 22.6 Å². The van der Waals surface area contributed by atoms with E-state index in [1.165, 1.54) is 25.6 Å². The molecule has 0 bridgehead atoms. The first-order valence-corrected chi connectivity index (χ1v) is 16.5. The fourth-order valence-corrected chi connectivity index (χ4v) is 7.60. The Morgan fingerprint density at radius 2 is 0.957 bits per heavy atom.